The minimum Gasteiger partial charge on any atom is -0.324 e. The van der Waals surface area contributed by atoms with Crippen molar-refractivity contribution in [3.63, 3.8) is 0 Å². The number of aryl methyl sites for hydroxylation is 1. The first-order valence-electron chi connectivity index (χ1n) is 13.7. The Morgan fingerprint density at radius 3 is 2.49 bits per heavy atom. The van der Waals surface area contributed by atoms with Gasteiger partial charge in [-0.15, -0.1) is 11.8 Å². The Hall–Kier alpha value is -2.08. The van der Waals surface area contributed by atoms with Crippen molar-refractivity contribution in [2.45, 2.75) is 107 Å². The fourth-order valence-electron chi connectivity index (χ4n) is 6.54. The van der Waals surface area contributed by atoms with Crippen LogP contribution in [0.25, 0.3) is 0 Å². The van der Waals surface area contributed by atoms with Crippen molar-refractivity contribution < 1.29 is 4.79 Å². The van der Waals surface area contributed by atoms with Gasteiger partial charge in [0.25, 0.3) is 0 Å². The van der Waals surface area contributed by atoms with Crippen molar-refractivity contribution in [2.24, 2.45) is 11.8 Å². The Kier molecular flexibility index (Phi) is 6.06. The van der Waals surface area contributed by atoms with Crippen LogP contribution in [0.4, 0.5) is 17.5 Å². The van der Waals surface area contributed by atoms with Gasteiger partial charge >= 0.3 is 0 Å². The van der Waals surface area contributed by atoms with Crippen LogP contribution in [0, 0.1) is 18.8 Å². The summed E-state index contributed by atoms with van der Waals surface area (Å²) in [4.78, 5) is 26.3. The molecule has 6 rings (SSSR count). The van der Waals surface area contributed by atoms with E-state index < -0.39 is 0 Å². The molecule has 1 amide bonds. The molecule has 1 aromatic carbocycles. The molecule has 1 spiro atoms. The fourth-order valence-corrected chi connectivity index (χ4v) is 7.83. The van der Waals surface area contributed by atoms with Crippen molar-refractivity contribution in [1.29, 1.82) is 0 Å². The van der Waals surface area contributed by atoms with Crippen molar-refractivity contribution in [1.82, 2.24) is 9.97 Å². The zero-order valence-electron chi connectivity index (χ0n) is 21.3. The Morgan fingerprint density at radius 2 is 1.83 bits per heavy atom. The summed E-state index contributed by atoms with van der Waals surface area (Å²) in [5, 5.41) is 4.19. The van der Waals surface area contributed by atoms with Crippen molar-refractivity contribution in [3.05, 3.63) is 35.5 Å². The molecule has 4 aliphatic rings. The van der Waals surface area contributed by atoms with E-state index in [2.05, 4.69) is 49.3 Å². The van der Waals surface area contributed by atoms with Gasteiger partial charge in [0.1, 0.15) is 5.82 Å². The second-order valence-electron chi connectivity index (χ2n) is 11.6. The van der Waals surface area contributed by atoms with Crippen LogP contribution in [0.3, 0.4) is 0 Å². The first-order valence-corrected chi connectivity index (χ1v) is 14.6. The van der Waals surface area contributed by atoms with Gasteiger partial charge in [-0.25, -0.2) is 4.98 Å². The molecule has 1 aromatic heterocycles. The van der Waals surface area contributed by atoms with Gasteiger partial charge in [-0.05, 0) is 93.9 Å². The highest BCUT2D eigenvalue weighted by atomic mass is 32.2. The van der Waals surface area contributed by atoms with E-state index in [1.54, 1.807) is 0 Å². The molecule has 2 heterocycles. The van der Waals surface area contributed by atoms with Gasteiger partial charge in [0.2, 0.25) is 11.9 Å². The number of anilines is 3. The zero-order valence-corrected chi connectivity index (χ0v) is 22.2. The molecule has 0 atom stereocenters. The maximum atomic E-state index is 13.3. The minimum atomic E-state index is -0.320. The van der Waals surface area contributed by atoms with E-state index in [1.165, 1.54) is 49.0 Å². The van der Waals surface area contributed by atoms with E-state index in [1.807, 2.05) is 22.9 Å². The SMILES string of the molecule is Cc1cc(SC2CCC(C(C)C)CC2)ccc1Nc1ncc2c(n1)N(C1CCCC1)C(=O)C21CC1. The summed E-state index contributed by atoms with van der Waals surface area (Å²) in [7, 11) is 0. The predicted octanol–water partition coefficient (Wildman–Crippen LogP) is 7.16. The van der Waals surface area contributed by atoms with Crippen LogP contribution >= 0.6 is 11.8 Å². The molecular formula is C29H38N4OS. The number of carbonyl (C=O) groups excluding carboxylic acids is 1. The van der Waals surface area contributed by atoms with Crippen molar-refractivity contribution >= 4 is 35.1 Å². The Morgan fingerprint density at radius 1 is 1.09 bits per heavy atom. The second kappa shape index (κ2) is 9.10. The lowest BCUT2D eigenvalue weighted by atomic mass is 9.81. The molecule has 0 saturated heterocycles. The maximum Gasteiger partial charge on any atom is 0.239 e. The third-order valence-electron chi connectivity index (χ3n) is 8.99. The number of fused-ring (bicyclic) bond motifs is 2. The summed E-state index contributed by atoms with van der Waals surface area (Å²) < 4.78 is 0. The number of rotatable bonds is 6. The molecule has 1 aliphatic heterocycles. The van der Waals surface area contributed by atoms with E-state index >= 15 is 0 Å². The second-order valence-corrected chi connectivity index (χ2v) is 13.0. The minimum absolute atomic E-state index is 0.269. The van der Waals surface area contributed by atoms with Crippen molar-refractivity contribution in [3.8, 4) is 0 Å². The zero-order chi connectivity index (χ0) is 24.2. The van der Waals surface area contributed by atoms with E-state index in [0.717, 1.165) is 59.8 Å². The number of hydrogen-bond donors (Lipinski definition) is 1. The highest BCUT2D eigenvalue weighted by Crippen LogP contribution is 2.58. The molecule has 5 nitrogen and oxygen atoms in total. The molecule has 3 fully saturated rings. The number of nitrogens with one attached hydrogen (secondary N) is 1. The summed E-state index contributed by atoms with van der Waals surface area (Å²) in [5.41, 5.74) is 2.98. The number of thioether (sulfide) groups is 1. The number of amides is 1. The molecule has 186 valence electrons. The van der Waals surface area contributed by atoms with Crippen LogP contribution in [-0.2, 0) is 10.2 Å². The third-order valence-corrected chi connectivity index (χ3v) is 10.3. The van der Waals surface area contributed by atoms with Crippen molar-refractivity contribution in [2.75, 3.05) is 10.2 Å². The van der Waals surface area contributed by atoms with Crippen LogP contribution < -0.4 is 10.2 Å². The first-order chi connectivity index (χ1) is 16.9. The van der Waals surface area contributed by atoms with Crippen LogP contribution in [0.2, 0.25) is 0 Å². The summed E-state index contributed by atoms with van der Waals surface area (Å²) in [6.07, 6.45) is 13.8. The molecule has 0 bridgehead atoms. The Balaban J connectivity index is 1.17. The Bertz CT molecular complexity index is 1110. The molecule has 0 unspecified atom stereocenters. The number of carbonyl (C=O) groups is 1. The van der Waals surface area contributed by atoms with Crippen LogP contribution in [0.5, 0.6) is 0 Å². The van der Waals surface area contributed by atoms with Gasteiger partial charge in [0.05, 0.1) is 5.41 Å². The summed E-state index contributed by atoms with van der Waals surface area (Å²) in [5.74, 6) is 3.44. The van der Waals surface area contributed by atoms with Gasteiger partial charge in [0.15, 0.2) is 0 Å². The molecule has 2 aromatic rings. The number of benzene rings is 1. The standard InChI is InChI=1S/C29H38N4OS/c1-18(2)20-8-10-22(11-9-20)35-23-12-13-25(19(3)16-23)31-28-30-17-24-26(32-28)33(21-6-4-5-7-21)27(34)29(24)14-15-29/h12-13,16-18,20-22H,4-11,14-15H2,1-3H3,(H,30,31,32). The molecular weight excluding hydrogens is 452 g/mol. The van der Waals surface area contributed by atoms with E-state index in [4.69, 9.17) is 4.98 Å². The maximum absolute atomic E-state index is 13.3. The van der Waals surface area contributed by atoms with Crippen LogP contribution in [0.1, 0.15) is 89.2 Å². The normalized spacial score (nSPS) is 25.5. The topological polar surface area (TPSA) is 58.1 Å². The number of nitrogens with zero attached hydrogens (tertiary/aromatic N) is 3. The lowest BCUT2D eigenvalue weighted by Gasteiger charge is -2.30. The third kappa shape index (κ3) is 4.26. The molecule has 3 saturated carbocycles. The summed E-state index contributed by atoms with van der Waals surface area (Å²) in [6, 6.07) is 6.99. The molecule has 0 radical (unpaired) electrons. The average molecular weight is 491 g/mol. The molecule has 1 N–H and O–H groups in total. The van der Waals surface area contributed by atoms with E-state index in [0.29, 0.717) is 12.0 Å². The highest BCUT2D eigenvalue weighted by Gasteiger charge is 2.61. The van der Waals surface area contributed by atoms with Gasteiger partial charge in [-0.1, -0.05) is 26.7 Å². The van der Waals surface area contributed by atoms with Crippen LogP contribution in [-0.4, -0.2) is 27.2 Å². The van der Waals surface area contributed by atoms with Gasteiger partial charge in [0, 0.05) is 33.6 Å². The van der Waals surface area contributed by atoms with Gasteiger partial charge < -0.3 is 5.32 Å². The van der Waals surface area contributed by atoms with Gasteiger partial charge in [-0.3, -0.25) is 9.69 Å². The highest BCUT2D eigenvalue weighted by molar-refractivity contribution is 8.00. The molecule has 3 aliphatic carbocycles. The number of hydrogen-bond acceptors (Lipinski definition) is 5. The first kappa shape index (κ1) is 23.3. The monoisotopic (exact) mass is 490 g/mol. The fraction of sp³-hybridized carbons (Fsp3) is 0.621. The van der Waals surface area contributed by atoms with Crippen LogP contribution in [0.15, 0.2) is 29.3 Å². The Labute approximate surface area is 213 Å². The lowest BCUT2D eigenvalue weighted by Crippen LogP contribution is -2.39. The smallest absolute Gasteiger partial charge is 0.239 e. The molecule has 35 heavy (non-hydrogen) atoms. The largest absolute Gasteiger partial charge is 0.324 e. The van der Waals surface area contributed by atoms with E-state index in [-0.39, 0.29) is 11.3 Å². The molecule has 6 heteroatoms. The number of aromatic nitrogens is 2. The predicted molar refractivity (Wildman–Crippen MR) is 144 cm³/mol. The summed E-state index contributed by atoms with van der Waals surface area (Å²) in [6.45, 7) is 6.89. The van der Waals surface area contributed by atoms with Gasteiger partial charge in [-0.2, -0.15) is 4.98 Å². The quantitative estimate of drug-likeness (QED) is 0.466. The lowest BCUT2D eigenvalue weighted by molar-refractivity contribution is -0.120. The average Bonchev–Trinajstić information content (AvgIpc) is 3.41. The summed E-state index contributed by atoms with van der Waals surface area (Å²) >= 11 is 2.04. The van der Waals surface area contributed by atoms with E-state index in [9.17, 15) is 4.79 Å².